The molecule has 0 fully saturated rings. The number of thiazole rings is 1. The number of carboxylic acid groups (broad SMARTS) is 1. The van der Waals surface area contributed by atoms with E-state index in [1.165, 1.54) is 23.1 Å². The van der Waals surface area contributed by atoms with Crippen molar-refractivity contribution < 1.29 is 19.4 Å². The predicted octanol–water partition coefficient (Wildman–Crippen LogP) is 2.76. The summed E-state index contributed by atoms with van der Waals surface area (Å²) in [5.41, 5.74) is 1.76. The first-order valence-corrected chi connectivity index (χ1v) is 7.79. The lowest BCUT2D eigenvalue weighted by atomic mass is 10.1. The van der Waals surface area contributed by atoms with Gasteiger partial charge in [0.15, 0.2) is 15.8 Å². The van der Waals surface area contributed by atoms with Gasteiger partial charge in [0, 0.05) is 10.9 Å². The van der Waals surface area contributed by atoms with Crippen LogP contribution in [0.2, 0.25) is 0 Å². The molecule has 104 valence electrons. The van der Waals surface area contributed by atoms with Gasteiger partial charge in [-0.2, -0.15) is 0 Å². The molecule has 2 aromatic rings. The highest BCUT2D eigenvalue weighted by atomic mass is 32.2. The summed E-state index contributed by atoms with van der Waals surface area (Å²) in [7, 11) is 0. The second-order valence-corrected chi connectivity index (χ2v) is 6.12. The van der Waals surface area contributed by atoms with Gasteiger partial charge in [0.05, 0.1) is 11.4 Å². The van der Waals surface area contributed by atoms with Gasteiger partial charge in [-0.25, -0.2) is 4.98 Å². The fourth-order valence-corrected chi connectivity index (χ4v) is 3.34. The summed E-state index contributed by atoms with van der Waals surface area (Å²) >= 11 is 2.66. The summed E-state index contributed by atoms with van der Waals surface area (Å²) in [6, 6.07) is 5.69. The van der Waals surface area contributed by atoms with Gasteiger partial charge in [0.2, 0.25) is 0 Å². The topological polar surface area (TPSA) is 68.7 Å². The highest BCUT2D eigenvalue weighted by Crippen LogP contribution is 2.35. The number of benzene rings is 1. The van der Waals surface area contributed by atoms with Gasteiger partial charge >= 0.3 is 5.97 Å². The Morgan fingerprint density at radius 1 is 1.35 bits per heavy atom. The zero-order valence-corrected chi connectivity index (χ0v) is 12.0. The first-order valence-electron chi connectivity index (χ1n) is 5.92. The summed E-state index contributed by atoms with van der Waals surface area (Å²) < 4.78 is 11.8. The van der Waals surface area contributed by atoms with Gasteiger partial charge in [-0.15, -0.1) is 11.3 Å². The average Bonchev–Trinajstić information content (AvgIpc) is 2.93. The number of nitrogens with zero attached hydrogens (tertiary/aromatic N) is 1. The second kappa shape index (κ2) is 5.72. The fourth-order valence-electron chi connectivity index (χ4n) is 1.78. The molecule has 0 saturated heterocycles. The van der Waals surface area contributed by atoms with Crippen molar-refractivity contribution in [1.29, 1.82) is 0 Å². The first-order chi connectivity index (χ1) is 9.72. The number of thioether (sulfide) groups is 1. The molecule has 1 aromatic heterocycles. The number of hydrogen-bond acceptors (Lipinski definition) is 6. The Hall–Kier alpha value is -1.73. The van der Waals surface area contributed by atoms with Crippen LogP contribution in [0.4, 0.5) is 0 Å². The third-order valence-electron chi connectivity index (χ3n) is 2.64. The number of carbonyl (C=O) groups is 1. The summed E-state index contributed by atoms with van der Waals surface area (Å²) in [6.07, 6.45) is 0. The van der Waals surface area contributed by atoms with E-state index in [-0.39, 0.29) is 5.75 Å². The van der Waals surface area contributed by atoms with E-state index >= 15 is 0 Å². The predicted molar refractivity (Wildman–Crippen MR) is 76.9 cm³/mol. The van der Waals surface area contributed by atoms with Crippen LogP contribution in [0.1, 0.15) is 0 Å². The van der Waals surface area contributed by atoms with Gasteiger partial charge in [-0.3, -0.25) is 4.79 Å². The minimum Gasteiger partial charge on any atom is -0.486 e. The van der Waals surface area contributed by atoms with Crippen molar-refractivity contribution in [3.8, 4) is 22.8 Å². The zero-order chi connectivity index (χ0) is 13.9. The fraction of sp³-hybridized carbons (Fsp3) is 0.231. The van der Waals surface area contributed by atoms with Gasteiger partial charge < -0.3 is 14.6 Å². The van der Waals surface area contributed by atoms with E-state index < -0.39 is 5.97 Å². The number of aliphatic carboxylic acids is 1. The largest absolute Gasteiger partial charge is 0.486 e. The average molecular weight is 309 g/mol. The van der Waals surface area contributed by atoms with E-state index in [1.54, 1.807) is 0 Å². The lowest BCUT2D eigenvalue weighted by Crippen LogP contribution is -2.15. The molecule has 1 aliphatic rings. The third kappa shape index (κ3) is 2.88. The lowest BCUT2D eigenvalue weighted by Gasteiger charge is -2.18. The number of hydrogen-bond donors (Lipinski definition) is 1. The summed E-state index contributed by atoms with van der Waals surface area (Å²) in [6.45, 7) is 1.12. The molecule has 2 heterocycles. The van der Waals surface area contributed by atoms with Crippen molar-refractivity contribution in [2.75, 3.05) is 19.0 Å². The van der Waals surface area contributed by atoms with E-state index in [0.29, 0.717) is 13.2 Å². The monoisotopic (exact) mass is 309 g/mol. The Kier molecular flexibility index (Phi) is 3.79. The van der Waals surface area contributed by atoms with Crippen LogP contribution in [-0.2, 0) is 4.79 Å². The first kappa shape index (κ1) is 13.3. The minimum absolute atomic E-state index is 0.0219. The Balaban J connectivity index is 1.80. The Morgan fingerprint density at radius 3 is 2.95 bits per heavy atom. The van der Waals surface area contributed by atoms with Crippen molar-refractivity contribution >= 4 is 29.1 Å². The van der Waals surface area contributed by atoms with Crippen molar-refractivity contribution in [3.63, 3.8) is 0 Å². The molecule has 0 saturated carbocycles. The molecule has 0 amide bonds. The molecule has 0 radical (unpaired) electrons. The van der Waals surface area contributed by atoms with Gasteiger partial charge in [0.25, 0.3) is 0 Å². The Morgan fingerprint density at radius 2 is 2.15 bits per heavy atom. The summed E-state index contributed by atoms with van der Waals surface area (Å²) in [5.74, 6) is 0.650. The number of ether oxygens (including phenoxy) is 2. The zero-order valence-electron chi connectivity index (χ0n) is 10.4. The van der Waals surface area contributed by atoms with E-state index in [9.17, 15) is 4.79 Å². The molecule has 1 aliphatic heterocycles. The van der Waals surface area contributed by atoms with Gasteiger partial charge in [-0.05, 0) is 18.2 Å². The van der Waals surface area contributed by atoms with Crippen molar-refractivity contribution in [2.24, 2.45) is 0 Å². The van der Waals surface area contributed by atoms with Crippen LogP contribution in [0.5, 0.6) is 11.5 Å². The van der Waals surface area contributed by atoms with E-state index in [4.69, 9.17) is 14.6 Å². The van der Waals surface area contributed by atoms with Crippen LogP contribution in [0, 0.1) is 0 Å². The molecule has 0 atom stereocenters. The van der Waals surface area contributed by atoms with Crippen LogP contribution < -0.4 is 9.47 Å². The number of fused-ring (bicyclic) bond motifs is 1. The standard InChI is InChI=1S/C13H11NO4S2/c15-12(16)7-20-13-14-9(6-19-13)8-1-2-10-11(5-8)18-4-3-17-10/h1-2,5-6H,3-4,7H2,(H,15,16). The molecule has 0 bridgehead atoms. The summed E-state index contributed by atoms with van der Waals surface area (Å²) in [4.78, 5) is 15.0. The molecule has 7 heteroatoms. The number of aromatic nitrogens is 1. The van der Waals surface area contributed by atoms with Crippen LogP contribution in [0.15, 0.2) is 27.9 Å². The van der Waals surface area contributed by atoms with Crippen molar-refractivity contribution in [1.82, 2.24) is 4.98 Å². The van der Waals surface area contributed by atoms with Crippen LogP contribution in [-0.4, -0.2) is 35.0 Å². The number of rotatable bonds is 4. The van der Waals surface area contributed by atoms with Gasteiger partial charge in [0.1, 0.15) is 13.2 Å². The smallest absolute Gasteiger partial charge is 0.313 e. The van der Waals surface area contributed by atoms with Crippen LogP contribution >= 0.6 is 23.1 Å². The van der Waals surface area contributed by atoms with Crippen LogP contribution in [0.3, 0.4) is 0 Å². The molecule has 5 nitrogen and oxygen atoms in total. The molecule has 0 unspecified atom stereocenters. The molecule has 0 spiro atoms. The number of carboxylic acids is 1. The summed E-state index contributed by atoms with van der Waals surface area (Å²) in [5, 5.41) is 10.6. The highest BCUT2D eigenvalue weighted by molar-refractivity contribution is 8.01. The maximum atomic E-state index is 10.5. The molecule has 1 N–H and O–H groups in total. The normalized spacial score (nSPS) is 13.2. The Labute approximate surface area is 123 Å². The lowest BCUT2D eigenvalue weighted by molar-refractivity contribution is -0.133. The SMILES string of the molecule is O=C(O)CSc1nc(-c2ccc3c(c2)OCCO3)cs1. The molecule has 20 heavy (non-hydrogen) atoms. The van der Waals surface area contributed by atoms with E-state index in [0.717, 1.165) is 27.1 Å². The molecular weight excluding hydrogens is 298 g/mol. The maximum Gasteiger partial charge on any atom is 0.313 e. The third-order valence-corrected chi connectivity index (χ3v) is 4.65. The molecule has 1 aromatic carbocycles. The van der Waals surface area contributed by atoms with Gasteiger partial charge in [-0.1, -0.05) is 11.8 Å². The minimum atomic E-state index is -0.842. The molecular formula is C13H11NO4S2. The van der Waals surface area contributed by atoms with Crippen LogP contribution in [0.25, 0.3) is 11.3 Å². The van der Waals surface area contributed by atoms with Crippen molar-refractivity contribution in [2.45, 2.75) is 4.34 Å². The molecule has 3 rings (SSSR count). The highest BCUT2D eigenvalue weighted by Gasteiger charge is 2.14. The van der Waals surface area contributed by atoms with Crippen molar-refractivity contribution in [3.05, 3.63) is 23.6 Å². The maximum absolute atomic E-state index is 10.5. The van der Waals surface area contributed by atoms with E-state index in [1.807, 2.05) is 23.6 Å². The Bertz CT molecular complexity index is 641. The molecule has 0 aliphatic carbocycles. The van der Waals surface area contributed by atoms with E-state index in [2.05, 4.69) is 4.98 Å². The quantitative estimate of drug-likeness (QED) is 0.876. The second-order valence-electron chi connectivity index (χ2n) is 4.04.